The van der Waals surface area contributed by atoms with Crippen LogP contribution in [0.15, 0.2) is 46.7 Å². The zero-order chi connectivity index (χ0) is 12.3. The van der Waals surface area contributed by atoms with Gasteiger partial charge in [0, 0.05) is 17.3 Å². The number of carboxylic acid groups (broad SMARTS) is 1. The predicted octanol–water partition coefficient (Wildman–Crippen LogP) is 2.63. The van der Waals surface area contributed by atoms with E-state index in [2.05, 4.69) is 9.97 Å². The first kappa shape index (κ1) is 11.6. The van der Waals surface area contributed by atoms with Crippen molar-refractivity contribution in [1.82, 2.24) is 9.97 Å². The van der Waals surface area contributed by atoms with Crippen LogP contribution in [0.4, 0.5) is 0 Å². The molecule has 4 nitrogen and oxygen atoms in total. The molecule has 0 atom stereocenters. The summed E-state index contributed by atoms with van der Waals surface area (Å²) in [7, 11) is 0. The van der Waals surface area contributed by atoms with Crippen LogP contribution in [0.5, 0.6) is 0 Å². The largest absolute Gasteiger partial charge is 0.478 e. The molecule has 1 heterocycles. The van der Waals surface area contributed by atoms with Crippen molar-refractivity contribution in [3.05, 3.63) is 47.8 Å². The van der Waals surface area contributed by atoms with Crippen LogP contribution >= 0.6 is 11.8 Å². The Kier molecular flexibility index (Phi) is 3.39. The molecule has 2 rings (SSSR count). The van der Waals surface area contributed by atoms with Crippen LogP contribution in [0, 0.1) is 6.92 Å². The lowest BCUT2D eigenvalue weighted by Gasteiger charge is -2.07. The molecule has 5 heteroatoms. The van der Waals surface area contributed by atoms with E-state index in [1.54, 1.807) is 30.6 Å². The maximum Gasteiger partial charge on any atom is 0.336 e. The number of carboxylic acids is 1. The first-order valence-electron chi connectivity index (χ1n) is 4.96. The Hall–Kier alpha value is -1.88. The van der Waals surface area contributed by atoms with Crippen LogP contribution in [0.3, 0.4) is 0 Å². The van der Waals surface area contributed by atoms with Gasteiger partial charge in [0.15, 0.2) is 5.16 Å². The molecule has 0 radical (unpaired) electrons. The maximum atomic E-state index is 11.1. The SMILES string of the molecule is Cc1cccc(C(=O)O)c1Sc1ncccn1. The molecule has 1 N–H and O–H groups in total. The van der Waals surface area contributed by atoms with Gasteiger partial charge >= 0.3 is 5.97 Å². The number of hydrogen-bond acceptors (Lipinski definition) is 4. The van der Waals surface area contributed by atoms with E-state index in [0.29, 0.717) is 10.1 Å². The molecular formula is C12H10N2O2S. The molecule has 1 aromatic heterocycles. The average molecular weight is 246 g/mol. The smallest absolute Gasteiger partial charge is 0.336 e. The monoisotopic (exact) mass is 246 g/mol. The van der Waals surface area contributed by atoms with E-state index in [4.69, 9.17) is 5.11 Å². The van der Waals surface area contributed by atoms with Crippen molar-refractivity contribution in [2.75, 3.05) is 0 Å². The third kappa shape index (κ3) is 2.62. The van der Waals surface area contributed by atoms with Crippen LogP contribution in [0.25, 0.3) is 0 Å². The van der Waals surface area contributed by atoms with E-state index >= 15 is 0 Å². The predicted molar refractivity (Wildman–Crippen MR) is 64.3 cm³/mol. The van der Waals surface area contributed by atoms with Gasteiger partial charge in [0.1, 0.15) is 0 Å². The van der Waals surface area contributed by atoms with Crippen molar-refractivity contribution in [3.8, 4) is 0 Å². The molecule has 0 bridgehead atoms. The third-order valence-corrected chi connectivity index (χ3v) is 3.32. The minimum absolute atomic E-state index is 0.280. The van der Waals surface area contributed by atoms with Gasteiger partial charge in [-0.25, -0.2) is 14.8 Å². The molecule has 0 aliphatic rings. The molecular weight excluding hydrogens is 236 g/mol. The van der Waals surface area contributed by atoms with E-state index in [1.807, 2.05) is 13.0 Å². The lowest BCUT2D eigenvalue weighted by Crippen LogP contribution is -2.00. The van der Waals surface area contributed by atoms with Gasteiger partial charge in [0.05, 0.1) is 5.56 Å². The Bertz CT molecular complexity index is 543. The minimum atomic E-state index is -0.938. The highest BCUT2D eigenvalue weighted by atomic mass is 32.2. The Morgan fingerprint density at radius 3 is 2.59 bits per heavy atom. The summed E-state index contributed by atoms with van der Waals surface area (Å²) in [6.07, 6.45) is 3.27. The van der Waals surface area contributed by atoms with Gasteiger partial charge in [0.2, 0.25) is 0 Å². The number of hydrogen-bond donors (Lipinski definition) is 1. The standard InChI is InChI=1S/C12H10N2O2S/c1-8-4-2-5-9(11(15)16)10(8)17-12-13-6-3-7-14-12/h2-7H,1H3,(H,15,16). The lowest BCUT2D eigenvalue weighted by atomic mass is 10.1. The highest BCUT2D eigenvalue weighted by Crippen LogP contribution is 2.30. The fourth-order valence-corrected chi connectivity index (χ4v) is 2.29. The quantitative estimate of drug-likeness (QED) is 0.843. The van der Waals surface area contributed by atoms with Crippen molar-refractivity contribution in [2.45, 2.75) is 17.0 Å². The Morgan fingerprint density at radius 1 is 1.24 bits per heavy atom. The molecule has 86 valence electrons. The third-order valence-electron chi connectivity index (χ3n) is 2.18. The zero-order valence-corrected chi connectivity index (χ0v) is 9.94. The normalized spacial score (nSPS) is 10.2. The fraction of sp³-hybridized carbons (Fsp3) is 0.0833. The summed E-state index contributed by atoms with van der Waals surface area (Å²) in [6.45, 7) is 1.87. The summed E-state index contributed by atoms with van der Waals surface area (Å²) in [5.74, 6) is -0.938. The second-order valence-electron chi connectivity index (χ2n) is 3.39. The average Bonchev–Trinajstić information content (AvgIpc) is 2.33. The molecule has 0 unspecified atom stereocenters. The van der Waals surface area contributed by atoms with Crippen molar-refractivity contribution in [1.29, 1.82) is 0 Å². The topological polar surface area (TPSA) is 63.1 Å². The number of aryl methyl sites for hydroxylation is 1. The second kappa shape index (κ2) is 4.97. The highest BCUT2D eigenvalue weighted by Gasteiger charge is 2.13. The molecule has 0 spiro atoms. The summed E-state index contributed by atoms with van der Waals surface area (Å²) in [4.78, 5) is 19.9. The van der Waals surface area contributed by atoms with E-state index in [1.165, 1.54) is 11.8 Å². The van der Waals surface area contributed by atoms with Gasteiger partial charge in [-0.1, -0.05) is 12.1 Å². The number of aromatic carboxylic acids is 1. The Labute approximate surface area is 103 Å². The molecule has 0 fully saturated rings. The van der Waals surface area contributed by atoms with Crippen LogP contribution in [0.1, 0.15) is 15.9 Å². The second-order valence-corrected chi connectivity index (χ2v) is 4.37. The van der Waals surface area contributed by atoms with Gasteiger partial charge in [-0.05, 0) is 36.4 Å². The number of benzene rings is 1. The molecule has 2 aromatic rings. The van der Waals surface area contributed by atoms with Crippen molar-refractivity contribution >= 4 is 17.7 Å². The lowest BCUT2D eigenvalue weighted by molar-refractivity contribution is 0.0693. The van der Waals surface area contributed by atoms with Gasteiger partial charge < -0.3 is 5.11 Å². The first-order valence-corrected chi connectivity index (χ1v) is 5.78. The molecule has 0 saturated heterocycles. The molecule has 0 aliphatic heterocycles. The summed E-state index contributed by atoms with van der Waals surface area (Å²) in [5, 5.41) is 9.66. The Balaban J connectivity index is 2.41. The van der Waals surface area contributed by atoms with Gasteiger partial charge in [0.25, 0.3) is 0 Å². The number of carbonyl (C=O) groups is 1. The molecule has 1 aromatic carbocycles. The van der Waals surface area contributed by atoms with Crippen LogP contribution < -0.4 is 0 Å². The minimum Gasteiger partial charge on any atom is -0.478 e. The highest BCUT2D eigenvalue weighted by molar-refractivity contribution is 7.99. The van der Waals surface area contributed by atoms with Crippen molar-refractivity contribution in [2.24, 2.45) is 0 Å². The summed E-state index contributed by atoms with van der Waals surface area (Å²) in [5.41, 5.74) is 1.19. The molecule has 0 aliphatic carbocycles. The summed E-state index contributed by atoms with van der Waals surface area (Å²) < 4.78 is 0. The van der Waals surface area contributed by atoms with Gasteiger partial charge in [-0.3, -0.25) is 0 Å². The summed E-state index contributed by atoms with van der Waals surface area (Å²) >= 11 is 1.27. The number of rotatable bonds is 3. The summed E-state index contributed by atoms with van der Waals surface area (Å²) in [6, 6.07) is 6.91. The first-order chi connectivity index (χ1) is 8.18. The number of aromatic nitrogens is 2. The van der Waals surface area contributed by atoms with Crippen molar-refractivity contribution < 1.29 is 9.90 Å². The maximum absolute atomic E-state index is 11.1. The van der Waals surface area contributed by atoms with E-state index in [-0.39, 0.29) is 5.56 Å². The Morgan fingerprint density at radius 2 is 1.94 bits per heavy atom. The van der Waals surface area contributed by atoms with E-state index in [0.717, 1.165) is 5.56 Å². The van der Waals surface area contributed by atoms with Crippen LogP contribution in [0.2, 0.25) is 0 Å². The van der Waals surface area contributed by atoms with E-state index in [9.17, 15) is 4.79 Å². The van der Waals surface area contributed by atoms with Crippen LogP contribution in [-0.2, 0) is 0 Å². The van der Waals surface area contributed by atoms with E-state index < -0.39 is 5.97 Å². The van der Waals surface area contributed by atoms with Gasteiger partial charge in [-0.15, -0.1) is 0 Å². The molecule has 0 amide bonds. The number of nitrogens with zero attached hydrogens (tertiary/aromatic N) is 2. The van der Waals surface area contributed by atoms with Crippen molar-refractivity contribution in [3.63, 3.8) is 0 Å². The zero-order valence-electron chi connectivity index (χ0n) is 9.12. The fourth-order valence-electron chi connectivity index (χ4n) is 1.39. The van der Waals surface area contributed by atoms with Gasteiger partial charge in [-0.2, -0.15) is 0 Å². The van der Waals surface area contributed by atoms with Crippen LogP contribution in [-0.4, -0.2) is 21.0 Å². The molecule has 0 saturated carbocycles. The molecule has 17 heavy (non-hydrogen) atoms.